The Morgan fingerprint density at radius 1 is 1.37 bits per heavy atom. The predicted octanol–water partition coefficient (Wildman–Crippen LogP) is 0.845. The Kier molecular flexibility index (Phi) is 2.67. The zero-order chi connectivity index (χ0) is 13.4. The van der Waals surface area contributed by atoms with Gasteiger partial charge in [-0.15, -0.1) is 15.3 Å². The molecule has 0 saturated carbocycles. The quantitative estimate of drug-likeness (QED) is 0.744. The van der Waals surface area contributed by atoms with Gasteiger partial charge >= 0.3 is 0 Å². The van der Waals surface area contributed by atoms with Crippen LogP contribution in [0.5, 0.6) is 0 Å². The van der Waals surface area contributed by atoms with Gasteiger partial charge in [0.15, 0.2) is 0 Å². The van der Waals surface area contributed by atoms with Gasteiger partial charge in [-0.1, -0.05) is 11.3 Å². The Balaban J connectivity index is 1.91. The molecule has 0 bridgehead atoms. The van der Waals surface area contributed by atoms with Crippen LogP contribution in [0.4, 0.5) is 5.13 Å². The van der Waals surface area contributed by atoms with E-state index in [-0.39, 0.29) is 5.82 Å². The summed E-state index contributed by atoms with van der Waals surface area (Å²) >= 11 is 1.29. The summed E-state index contributed by atoms with van der Waals surface area (Å²) in [4.78, 5) is 20.1. The van der Waals surface area contributed by atoms with Crippen LogP contribution < -0.4 is 5.32 Å². The Bertz CT molecular complexity index is 762. The first kappa shape index (κ1) is 11.7. The average Bonchev–Trinajstić information content (AvgIpc) is 2.96. The van der Waals surface area contributed by atoms with E-state index in [1.165, 1.54) is 15.9 Å². The number of hydrogen-bond acceptors (Lipinski definition) is 7. The number of nitrogens with one attached hydrogen (secondary N) is 1. The summed E-state index contributed by atoms with van der Waals surface area (Å²) in [5.74, 6) is 0.00861. The number of rotatable bonds is 2. The van der Waals surface area contributed by atoms with Gasteiger partial charge < -0.3 is 0 Å². The molecule has 0 unspecified atom stereocenters. The molecule has 19 heavy (non-hydrogen) atoms. The monoisotopic (exact) mass is 275 g/mol. The maximum atomic E-state index is 12.0. The highest BCUT2D eigenvalue weighted by molar-refractivity contribution is 7.15. The molecule has 0 radical (unpaired) electrons. The second-order valence-corrected chi connectivity index (χ2v) is 5.00. The molecule has 0 atom stereocenters. The van der Waals surface area contributed by atoms with Crippen LogP contribution in [0.25, 0.3) is 5.78 Å². The van der Waals surface area contributed by atoms with Gasteiger partial charge in [0.05, 0.1) is 0 Å². The molecule has 96 valence electrons. The third-order valence-corrected chi connectivity index (χ3v) is 3.13. The Morgan fingerprint density at radius 3 is 2.89 bits per heavy atom. The van der Waals surface area contributed by atoms with Gasteiger partial charge in [-0.2, -0.15) is 4.98 Å². The number of carbonyl (C=O) groups is 1. The van der Waals surface area contributed by atoms with E-state index >= 15 is 0 Å². The van der Waals surface area contributed by atoms with Crippen molar-refractivity contribution >= 4 is 28.2 Å². The maximum Gasteiger partial charge on any atom is 0.297 e. The molecule has 0 aliphatic rings. The number of amides is 1. The molecule has 8 nitrogen and oxygen atoms in total. The number of aryl methyl sites for hydroxylation is 2. The van der Waals surface area contributed by atoms with Crippen molar-refractivity contribution in [2.75, 3.05) is 5.32 Å². The molecule has 0 aliphatic carbocycles. The molecule has 0 fully saturated rings. The Morgan fingerprint density at radius 2 is 2.21 bits per heavy atom. The fourth-order valence-electron chi connectivity index (χ4n) is 1.50. The van der Waals surface area contributed by atoms with E-state index in [0.29, 0.717) is 10.9 Å². The van der Waals surface area contributed by atoms with E-state index in [1.807, 2.05) is 13.8 Å². The van der Waals surface area contributed by atoms with E-state index in [4.69, 9.17) is 0 Å². The molecule has 1 N–H and O–H groups in total. The van der Waals surface area contributed by atoms with Gasteiger partial charge in [0.2, 0.25) is 11.0 Å². The number of anilines is 1. The number of fused-ring (bicyclic) bond motifs is 1. The standard InChI is InChI=1S/C10H9N7OS/c1-5-3-4-11-9-12-7(16-17(5)9)8(18)13-10-15-14-6(2)19-10/h3-4H,1-2H3,(H,13,15,18). The summed E-state index contributed by atoms with van der Waals surface area (Å²) in [5.41, 5.74) is 0.850. The lowest BCUT2D eigenvalue weighted by Gasteiger charge is -1.94. The third kappa shape index (κ3) is 2.15. The number of aromatic nitrogens is 6. The van der Waals surface area contributed by atoms with E-state index in [1.54, 1.807) is 12.3 Å². The smallest absolute Gasteiger partial charge is 0.294 e. The topological polar surface area (TPSA) is 98.0 Å². The first-order valence-corrected chi connectivity index (χ1v) is 6.25. The molecular formula is C10H9N7OS. The molecule has 3 aromatic heterocycles. The lowest BCUT2D eigenvalue weighted by molar-refractivity contribution is 0.101. The fourth-order valence-corrected chi connectivity index (χ4v) is 2.09. The van der Waals surface area contributed by atoms with Crippen molar-refractivity contribution in [2.24, 2.45) is 0 Å². The van der Waals surface area contributed by atoms with Crippen LogP contribution in [0, 0.1) is 13.8 Å². The van der Waals surface area contributed by atoms with Gasteiger partial charge in [0.25, 0.3) is 11.7 Å². The van der Waals surface area contributed by atoms with Gasteiger partial charge in [-0.05, 0) is 19.9 Å². The number of hydrogen-bond donors (Lipinski definition) is 1. The molecule has 0 spiro atoms. The molecule has 1 amide bonds. The molecule has 3 heterocycles. The Labute approximate surface area is 111 Å². The highest BCUT2D eigenvalue weighted by Gasteiger charge is 2.15. The lowest BCUT2D eigenvalue weighted by atomic mass is 10.5. The minimum absolute atomic E-state index is 0.0506. The SMILES string of the molecule is Cc1nnc(NC(=O)c2nc3nccc(C)n3n2)s1. The fraction of sp³-hybridized carbons (Fsp3) is 0.200. The first-order valence-electron chi connectivity index (χ1n) is 5.43. The van der Waals surface area contributed by atoms with Gasteiger partial charge in [0.1, 0.15) is 5.01 Å². The van der Waals surface area contributed by atoms with Crippen molar-refractivity contribution in [2.45, 2.75) is 13.8 Å². The highest BCUT2D eigenvalue weighted by atomic mass is 32.1. The third-order valence-electron chi connectivity index (χ3n) is 2.38. The van der Waals surface area contributed by atoms with E-state index in [0.717, 1.165) is 10.7 Å². The van der Waals surface area contributed by atoms with Crippen LogP contribution in [-0.2, 0) is 0 Å². The van der Waals surface area contributed by atoms with Crippen molar-refractivity contribution in [3.8, 4) is 0 Å². The van der Waals surface area contributed by atoms with Crippen LogP contribution in [0.15, 0.2) is 12.3 Å². The molecule has 0 saturated heterocycles. The average molecular weight is 275 g/mol. The maximum absolute atomic E-state index is 12.0. The normalized spacial score (nSPS) is 10.8. The summed E-state index contributed by atoms with van der Waals surface area (Å²) in [6, 6.07) is 1.79. The zero-order valence-corrected chi connectivity index (χ0v) is 11.0. The molecule has 3 rings (SSSR count). The van der Waals surface area contributed by atoms with Gasteiger partial charge in [-0.3, -0.25) is 10.1 Å². The molecular weight excluding hydrogens is 266 g/mol. The lowest BCUT2D eigenvalue weighted by Crippen LogP contribution is -2.13. The van der Waals surface area contributed by atoms with E-state index < -0.39 is 5.91 Å². The first-order chi connectivity index (χ1) is 9.13. The molecule has 3 aromatic rings. The van der Waals surface area contributed by atoms with Crippen molar-refractivity contribution in [1.29, 1.82) is 0 Å². The minimum Gasteiger partial charge on any atom is -0.294 e. The Hall–Kier alpha value is -2.42. The van der Waals surface area contributed by atoms with Crippen LogP contribution in [-0.4, -0.2) is 35.7 Å². The summed E-state index contributed by atoms with van der Waals surface area (Å²) in [6.07, 6.45) is 1.62. The van der Waals surface area contributed by atoms with Gasteiger partial charge in [-0.25, -0.2) is 9.50 Å². The van der Waals surface area contributed by atoms with Crippen molar-refractivity contribution < 1.29 is 4.79 Å². The second-order valence-electron chi connectivity index (χ2n) is 3.81. The molecule has 0 aliphatic heterocycles. The summed E-state index contributed by atoms with van der Waals surface area (Å²) in [7, 11) is 0. The number of nitrogens with zero attached hydrogens (tertiary/aromatic N) is 6. The second kappa shape index (κ2) is 4.35. The largest absolute Gasteiger partial charge is 0.297 e. The predicted molar refractivity (Wildman–Crippen MR) is 68.1 cm³/mol. The van der Waals surface area contributed by atoms with Crippen molar-refractivity contribution in [1.82, 2.24) is 29.8 Å². The van der Waals surface area contributed by atoms with Crippen LogP contribution >= 0.6 is 11.3 Å². The van der Waals surface area contributed by atoms with E-state index in [2.05, 4.69) is 30.6 Å². The van der Waals surface area contributed by atoms with Crippen molar-refractivity contribution in [3.63, 3.8) is 0 Å². The molecule has 0 aromatic carbocycles. The van der Waals surface area contributed by atoms with Gasteiger partial charge in [0, 0.05) is 11.9 Å². The minimum atomic E-state index is -0.430. The summed E-state index contributed by atoms with van der Waals surface area (Å²) in [6.45, 7) is 3.67. The van der Waals surface area contributed by atoms with E-state index in [9.17, 15) is 4.79 Å². The summed E-state index contributed by atoms with van der Waals surface area (Å²) < 4.78 is 1.51. The van der Waals surface area contributed by atoms with Crippen LogP contribution in [0.3, 0.4) is 0 Å². The molecule has 9 heteroatoms. The summed E-state index contributed by atoms with van der Waals surface area (Å²) in [5, 5.41) is 15.5. The van der Waals surface area contributed by atoms with Crippen LogP contribution in [0.2, 0.25) is 0 Å². The highest BCUT2D eigenvalue weighted by Crippen LogP contribution is 2.14. The zero-order valence-electron chi connectivity index (χ0n) is 10.2. The number of carbonyl (C=O) groups excluding carboxylic acids is 1. The van der Waals surface area contributed by atoms with Crippen molar-refractivity contribution in [3.05, 3.63) is 28.8 Å². The van der Waals surface area contributed by atoms with Crippen LogP contribution in [0.1, 0.15) is 21.3 Å².